The van der Waals surface area contributed by atoms with Gasteiger partial charge >= 0.3 is 5.97 Å². The second kappa shape index (κ2) is 6.10. The Bertz CT molecular complexity index is 717. The molecule has 3 rings (SSSR count). The second-order valence-corrected chi connectivity index (χ2v) is 4.72. The van der Waals surface area contributed by atoms with Crippen molar-refractivity contribution in [3.05, 3.63) is 84.6 Å². The summed E-state index contributed by atoms with van der Waals surface area (Å²) in [5, 5.41) is 8.99. The molecule has 1 aromatic heterocycles. The molecule has 0 aliphatic rings. The molecule has 4 heteroatoms. The highest BCUT2D eigenvalue weighted by Crippen LogP contribution is 2.32. The van der Waals surface area contributed by atoms with Crippen LogP contribution in [0.1, 0.15) is 10.4 Å². The van der Waals surface area contributed by atoms with Gasteiger partial charge in [-0.1, -0.05) is 36.4 Å². The maximum absolute atomic E-state index is 11.0. The van der Waals surface area contributed by atoms with E-state index in [1.165, 1.54) is 6.20 Å². The van der Waals surface area contributed by atoms with E-state index in [9.17, 15) is 4.79 Å². The minimum atomic E-state index is -0.981. The number of rotatable bonds is 4. The standard InChI is InChI=1S/C18H14N2O2/c21-18(22)14-11-12-17(19-13-14)20(15-7-3-1-4-8-15)16-9-5-2-6-10-16/h1-13H,(H,21,22). The molecule has 0 bridgehead atoms. The van der Waals surface area contributed by atoms with E-state index in [2.05, 4.69) is 4.98 Å². The SMILES string of the molecule is O=C(O)c1ccc(N(c2ccccc2)c2ccccc2)nc1. The molecule has 1 heterocycles. The Balaban J connectivity index is 2.08. The molecule has 0 saturated heterocycles. The largest absolute Gasteiger partial charge is 0.478 e. The van der Waals surface area contributed by atoms with Gasteiger partial charge in [0.05, 0.1) is 5.56 Å². The summed E-state index contributed by atoms with van der Waals surface area (Å²) in [5.74, 6) is -0.313. The van der Waals surface area contributed by atoms with Crippen molar-refractivity contribution in [1.82, 2.24) is 4.98 Å². The van der Waals surface area contributed by atoms with Crippen molar-refractivity contribution in [3.8, 4) is 0 Å². The topological polar surface area (TPSA) is 53.4 Å². The number of carboxylic acids is 1. The number of anilines is 3. The lowest BCUT2D eigenvalue weighted by molar-refractivity contribution is 0.0696. The number of aromatic carboxylic acids is 1. The number of carbonyl (C=O) groups is 1. The summed E-state index contributed by atoms with van der Waals surface area (Å²) >= 11 is 0. The Morgan fingerprint density at radius 1 is 0.818 bits per heavy atom. The molecule has 0 spiro atoms. The number of hydrogen-bond acceptors (Lipinski definition) is 3. The zero-order valence-electron chi connectivity index (χ0n) is 11.8. The van der Waals surface area contributed by atoms with E-state index >= 15 is 0 Å². The summed E-state index contributed by atoms with van der Waals surface area (Å²) in [6.07, 6.45) is 1.37. The third-order valence-corrected chi connectivity index (χ3v) is 3.25. The lowest BCUT2D eigenvalue weighted by Gasteiger charge is -2.24. The van der Waals surface area contributed by atoms with Gasteiger partial charge in [-0.3, -0.25) is 4.90 Å². The van der Waals surface area contributed by atoms with Crippen LogP contribution >= 0.6 is 0 Å². The van der Waals surface area contributed by atoms with Crippen molar-refractivity contribution < 1.29 is 9.90 Å². The zero-order chi connectivity index (χ0) is 15.4. The van der Waals surface area contributed by atoms with Gasteiger partial charge in [-0.25, -0.2) is 9.78 Å². The molecule has 4 nitrogen and oxygen atoms in total. The molecule has 0 radical (unpaired) electrons. The van der Waals surface area contributed by atoms with Gasteiger partial charge in [-0.15, -0.1) is 0 Å². The van der Waals surface area contributed by atoms with Crippen LogP contribution < -0.4 is 4.90 Å². The number of hydrogen-bond donors (Lipinski definition) is 1. The summed E-state index contributed by atoms with van der Waals surface area (Å²) < 4.78 is 0. The van der Waals surface area contributed by atoms with Crippen LogP contribution in [0.15, 0.2) is 79.0 Å². The highest BCUT2D eigenvalue weighted by molar-refractivity contribution is 5.87. The molecule has 2 aromatic carbocycles. The van der Waals surface area contributed by atoms with Gasteiger partial charge in [0, 0.05) is 17.6 Å². The molecule has 108 valence electrons. The summed E-state index contributed by atoms with van der Waals surface area (Å²) in [5.41, 5.74) is 2.10. The van der Waals surface area contributed by atoms with Crippen molar-refractivity contribution in [2.75, 3.05) is 4.90 Å². The Hall–Kier alpha value is -3.14. The fourth-order valence-corrected chi connectivity index (χ4v) is 2.21. The van der Waals surface area contributed by atoms with Crippen molar-refractivity contribution in [2.45, 2.75) is 0 Å². The number of aromatic nitrogens is 1. The van der Waals surface area contributed by atoms with Crippen molar-refractivity contribution >= 4 is 23.2 Å². The molecule has 0 aliphatic heterocycles. The highest BCUT2D eigenvalue weighted by Gasteiger charge is 2.13. The summed E-state index contributed by atoms with van der Waals surface area (Å²) in [7, 11) is 0. The molecule has 0 atom stereocenters. The molecule has 0 unspecified atom stereocenters. The first-order valence-electron chi connectivity index (χ1n) is 6.85. The minimum Gasteiger partial charge on any atom is -0.478 e. The molecule has 0 saturated carbocycles. The first kappa shape index (κ1) is 13.8. The summed E-state index contributed by atoms with van der Waals surface area (Å²) in [6.45, 7) is 0. The van der Waals surface area contributed by atoms with Crippen LogP contribution in [0.25, 0.3) is 0 Å². The Kier molecular flexibility index (Phi) is 3.83. The van der Waals surface area contributed by atoms with E-state index in [0.717, 1.165) is 11.4 Å². The van der Waals surface area contributed by atoms with Gasteiger partial charge < -0.3 is 5.11 Å². The summed E-state index contributed by atoms with van der Waals surface area (Å²) in [6, 6.07) is 22.9. The first-order chi connectivity index (χ1) is 10.8. The van der Waals surface area contributed by atoms with E-state index in [-0.39, 0.29) is 5.56 Å². The van der Waals surface area contributed by atoms with E-state index in [0.29, 0.717) is 5.82 Å². The molecule has 0 aliphatic carbocycles. The maximum atomic E-state index is 11.0. The fourth-order valence-electron chi connectivity index (χ4n) is 2.21. The fraction of sp³-hybridized carbons (Fsp3) is 0. The van der Waals surface area contributed by atoms with Gasteiger partial charge in [0.1, 0.15) is 5.82 Å². The van der Waals surface area contributed by atoms with Crippen molar-refractivity contribution in [1.29, 1.82) is 0 Å². The van der Waals surface area contributed by atoms with Crippen LogP contribution in [-0.2, 0) is 0 Å². The van der Waals surface area contributed by atoms with Crippen LogP contribution in [0, 0.1) is 0 Å². The molecule has 0 amide bonds. The number of benzene rings is 2. The monoisotopic (exact) mass is 290 g/mol. The molecule has 0 fully saturated rings. The average Bonchev–Trinajstić information content (AvgIpc) is 2.57. The van der Waals surface area contributed by atoms with Crippen LogP contribution in [-0.4, -0.2) is 16.1 Å². The average molecular weight is 290 g/mol. The molecular formula is C18H14N2O2. The van der Waals surface area contributed by atoms with Crippen molar-refractivity contribution in [3.63, 3.8) is 0 Å². The molecular weight excluding hydrogens is 276 g/mol. The Morgan fingerprint density at radius 2 is 1.36 bits per heavy atom. The predicted octanol–water partition coefficient (Wildman–Crippen LogP) is 4.25. The summed E-state index contributed by atoms with van der Waals surface area (Å²) in [4.78, 5) is 17.2. The quantitative estimate of drug-likeness (QED) is 0.780. The number of carboxylic acid groups (broad SMARTS) is 1. The third-order valence-electron chi connectivity index (χ3n) is 3.25. The second-order valence-electron chi connectivity index (χ2n) is 4.72. The zero-order valence-corrected chi connectivity index (χ0v) is 11.8. The van der Waals surface area contributed by atoms with Gasteiger partial charge in [0.15, 0.2) is 0 Å². The third kappa shape index (κ3) is 2.81. The van der Waals surface area contributed by atoms with Gasteiger partial charge in [0.2, 0.25) is 0 Å². The Morgan fingerprint density at radius 3 is 1.77 bits per heavy atom. The van der Waals surface area contributed by atoms with Crippen LogP contribution in [0.5, 0.6) is 0 Å². The highest BCUT2D eigenvalue weighted by atomic mass is 16.4. The van der Waals surface area contributed by atoms with Crippen LogP contribution in [0.2, 0.25) is 0 Å². The lowest BCUT2D eigenvalue weighted by atomic mass is 10.2. The molecule has 3 aromatic rings. The number of para-hydroxylation sites is 2. The van der Waals surface area contributed by atoms with Crippen molar-refractivity contribution in [2.24, 2.45) is 0 Å². The molecule has 1 N–H and O–H groups in total. The van der Waals surface area contributed by atoms with Gasteiger partial charge in [0.25, 0.3) is 0 Å². The smallest absolute Gasteiger partial charge is 0.337 e. The normalized spacial score (nSPS) is 10.2. The maximum Gasteiger partial charge on any atom is 0.337 e. The lowest BCUT2D eigenvalue weighted by Crippen LogP contribution is -2.11. The van der Waals surface area contributed by atoms with Gasteiger partial charge in [-0.2, -0.15) is 0 Å². The molecule has 22 heavy (non-hydrogen) atoms. The van der Waals surface area contributed by atoms with Crippen LogP contribution in [0.4, 0.5) is 17.2 Å². The van der Waals surface area contributed by atoms with Gasteiger partial charge in [-0.05, 0) is 36.4 Å². The van der Waals surface area contributed by atoms with E-state index < -0.39 is 5.97 Å². The predicted molar refractivity (Wildman–Crippen MR) is 85.9 cm³/mol. The Labute approximate surface area is 128 Å². The van der Waals surface area contributed by atoms with Crippen LogP contribution in [0.3, 0.4) is 0 Å². The number of nitrogens with zero attached hydrogens (tertiary/aromatic N) is 2. The minimum absolute atomic E-state index is 0.171. The van der Waals surface area contributed by atoms with E-state index in [4.69, 9.17) is 5.11 Å². The first-order valence-corrected chi connectivity index (χ1v) is 6.85. The number of pyridine rings is 1. The van der Waals surface area contributed by atoms with E-state index in [1.54, 1.807) is 12.1 Å². The van der Waals surface area contributed by atoms with E-state index in [1.807, 2.05) is 65.6 Å².